The molecule has 0 unspecified atom stereocenters. The highest BCUT2D eigenvalue weighted by atomic mass is 19.1. The Labute approximate surface area is 246 Å². The molecule has 0 saturated heterocycles. The van der Waals surface area contributed by atoms with Crippen LogP contribution in [-0.2, 0) is 35.3 Å². The van der Waals surface area contributed by atoms with Crippen molar-refractivity contribution >= 4 is 5.97 Å². The highest BCUT2D eigenvalue weighted by Gasteiger charge is 2.36. The van der Waals surface area contributed by atoms with Crippen molar-refractivity contribution in [3.63, 3.8) is 0 Å². The van der Waals surface area contributed by atoms with Crippen LogP contribution in [0.25, 0.3) is 11.1 Å². The van der Waals surface area contributed by atoms with Crippen molar-refractivity contribution in [1.29, 1.82) is 0 Å². The minimum atomic E-state index is -1.28. The number of carbonyl (C=O) groups is 1. The minimum absolute atomic E-state index is 0.243. The number of aryl methyl sites for hydroxylation is 2. The summed E-state index contributed by atoms with van der Waals surface area (Å²) in [6.45, 7) is 11.9. The second kappa shape index (κ2) is 12.1. The Kier molecular flexibility index (Phi) is 8.67. The summed E-state index contributed by atoms with van der Waals surface area (Å²) in [5.41, 5.74) is 6.35. The van der Waals surface area contributed by atoms with Gasteiger partial charge in [0.25, 0.3) is 0 Å². The van der Waals surface area contributed by atoms with Gasteiger partial charge in [0.1, 0.15) is 5.82 Å². The molecule has 2 aromatic carbocycles. The summed E-state index contributed by atoms with van der Waals surface area (Å²) in [7, 11) is 0. The fourth-order valence-electron chi connectivity index (χ4n) is 6.24. The number of pyridine rings is 1. The third kappa shape index (κ3) is 6.35. The highest BCUT2D eigenvalue weighted by molar-refractivity contribution is 5.84. The molecular formula is C34H40F2N2O4. The Morgan fingerprint density at radius 1 is 1.14 bits per heavy atom. The van der Waals surface area contributed by atoms with Crippen LogP contribution in [0.15, 0.2) is 30.3 Å². The first-order valence-electron chi connectivity index (χ1n) is 14.8. The quantitative estimate of drug-likeness (QED) is 0.314. The summed E-state index contributed by atoms with van der Waals surface area (Å²) in [6, 6.07) is 8.10. The SMILES string of the molecule is Cc1nc2c(c(-c3cc(F)c4c(c3C)CCCO4)c1[C@H](OC(C)(C)C)C(=O)O)CN(CCCc1ccc(F)cc1)CC2. The van der Waals surface area contributed by atoms with Gasteiger partial charge in [-0.25, -0.2) is 13.6 Å². The molecule has 0 radical (unpaired) electrons. The molecule has 3 heterocycles. The molecule has 1 atom stereocenters. The molecule has 8 heteroatoms. The fraction of sp³-hybridized carbons (Fsp3) is 0.471. The molecule has 2 aliphatic heterocycles. The zero-order chi connectivity index (χ0) is 30.2. The standard InChI is InChI=1S/C34H40F2N2O4/c1-20-24-9-7-17-41-31(24)27(36)18-25(20)30-26-19-38(15-6-8-22-10-12-23(35)13-11-22)16-14-28(26)37-21(2)29(30)32(33(39)40)42-34(3,4)5/h10-13,18,32H,6-9,14-17,19H2,1-5H3,(H,39,40)/t32-/m0/s1. The van der Waals surface area contributed by atoms with E-state index in [1.165, 1.54) is 18.2 Å². The van der Waals surface area contributed by atoms with Gasteiger partial charge in [-0.05, 0) is 113 Å². The average molecular weight is 579 g/mol. The molecule has 0 spiro atoms. The maximum atomic E-state index is 15.6. The maximum Gasteiger partial charge on any atom is 0.337 e. The van der Waals surface area contributed by atoms with E-state index in [0.717, 1.165) is 60.3 Å². The first kappa shape index (κ1) is 30.1. The van der Waals surface area contributed by atoms with Gasteiger partial charge in [-0.2, -0.15) is 0 Å². The van der Waals surface area contributed by atoms with Crippen LogP contribution in [0.3, 0.4) is 0 Å². The number of fused-ring (bicyclic) bond motifs is 2. The number of carboxylic acid groups (broad SMARTS) is 1. The number of benzene rings is 2. The number of rotatable bonds is 8. The largest absolute Gasteiger partial charge is 0.490 e. The van der Waals surface area contributed by atoms with Gasteiger partial charge in [0.2, 0.25) is 0 Å². The van der Waals surface area contributed by atoms with Crippen LogP contribution in [-0.4, -0.2) is 46.3 Å². The molecule has 5 rings (SSSR count). The van der Waals surface area contributed by atoms with Gasteiger partial charge in [0, 0.05) is 42.0 Å². The third-order valence-electron chi connectivity index (χ3n) is 8.17. The van der Waals surface area contributed by atoms with E-state index in [9.17, 15) is 14.3 Å². The van der Waals surface area contributed by atoms with E-state index in [0.29, 0.717) is 54.1 Å². The Bertz CT molecular complexity index is 1480. The molecule has 42 heavy (non-hydrogen) atoms. The van der Waals surface area contributed by atoms with Crippen molar-refractivity contribution < 1.29 is 28.2 Å². The Balaban J connectivity index is 1.60. The van der Waals surface area contributed by atoms with Gasteiger partial charge in [-0.15, -0.1) is 0 Å². The van der Waals surface area contributed by atoms with Crippen LogP contribution in [0.5, 0.6) is 5.75 Å². The molecule has 3 aromatic rings. The molecule has 0 bridgehead atoms. The molecule has 1 aromatic heterocycles. The predicted molar refractivity (Wildman–Crippen MR) is 158 cm³/mol. The van der Waals surface area contributed by atoms with Crippen LogP contribution in [0.2, 0.25) is 0 Å². The summed E-state index contributed by atoms with van der Waals surface area (Å²) < 4.78 is 40.8. The summed E-state index contributed by atoms with van der Waals surface area (Å²) in [5, 5.41) is 10.4. The van der Waals surface area contributed by atoms with Gasteiger partial charge in [-0.3, -0.25) is 9.88 Å². The summed E-state index contributed by atoms with van der Waals surface area (Å²) in [5.74, 6) is -1.49. The number of ether oxygens (including phenoxy) is 2. The van der Waals surface area contributed by atoms with E-state index in [-0.39, 0.29) is 5.82 Å². The van der Waals surface area contributed by atoms with Crippen molar-refractivity contribution in [2.24, 2.45) is 0 Å². The second-order valence-electron chi connectivity index (χ2n) is 12.4. The Morgan fingerprint density at radius 2 is 1.88 bits per heavy atom. The van der Waals surface area contributed by atoms with E-state index >= 15 is 4.39 Å². The monoisotopic (exact) mass is 578 g/mol. The maximum absolute atomic E-state index is 15.6. The van der Waals surface area contributed by atoms with Crippen molar-refractivity contribution in [3.8, 4) is 16.9 Å². The van der Waals surface area contributed by atoms with Crippen LogP contribution >= 0.6 is 0 Å². The molecule has 0 saturated carbocycles. The van der Waals surface area contributed by atoms with E-state index in [4.69, 9.17) is 14.5 Å². The lowest BCUT2D eigenvalue weighted by atomic mass is 9.83. The van der Waals surface area contributed by atoms with Crippen LogP contribution in [0, 0.1) is 25.5 Å². The third-order valence-corrected chi connectivity index (χ3v) is 8.17. The van der Waals surface area contributed by atoms with Crippen molar-refractivity contribution in [3.05, 3.63) is 81.2 Å². The minimum Gasteiger partial charge on any atom is -0.490 e. The van der Waals surface area contributed by atoms with Crippen molar-refractivity contribution in [1.82, 2.24) is 9.88 Å². The molecular weight excluding hydrogens is 538 g/mol. The van der Waals surface area contributed by atoms with Crippen LogP contribution < -0.4 is 4.74 Å². The number of aliphatic carboxylic acids is 1. The number of halogens is 2. The van der Waals surface area contributed by atoms with Crippen LogP contribution in [0.4, 0.5) is 8.78 Å². The first-order chi connectivity index (χ1) is 19.9. The van der Waals surface area contributed by atoms with Crippen LogP contribution in [0.1, 0.15) is 78.9 Å². The van der Waals surface area contributed by atoms with Crippen molar-refractivity contribution in [2.45, 2.75) is 85.0 Å². The van der Waals surface area contributed by atoms with Gasteiger partial charge in [0.05, 0.1) is 12.2 Å². The molecule has 6 nitrogen and oxygen atoms in total. The van der Waals surface area contributed by atoms with E-state index in [1.807, 2.05) is 46.8 Å². The van der Waals surface area contributed by atoms with Crippen molar-refractivity contribution in [2.75, 3.05) is 19.7 Å². The molecule has 0 amide bonds. The molecule has 224 valence electrons. The number of aromatic nitrogens is 1. The summed E-state index contributed by atoms with van der Waals surface area (Å²) in [6.07, 6.45) is 2.63. The smallest absolute Gasteiger partial charge is 0.337 e. The molecule has 0 fully saturated rings. The van der Waals surface area contributed by atoms with Gasteiger partial charge < -0.3 is 14.6 Å². The fourth-order valence-corrected chi connectivity index (χ4v) is 6.24. The summed E-state index contributed by atoms with van der Waals surface area (Å²) >= 11 is 0. The first-order valence-corrected chi connectivity index (χ1v) is 14.8. The zero-order valence-corrected chi connectivity index (χ0v) is 25.2. The lowest BCUT2D eigenvalue weighted by Gasteiger charge is -2.34. The number of nitrogens with zero attached hydrogens (tertiary/aromatic N) is 2. The molecule has 1 N–H and O–H groups in total. The molecule has 0 aliphatic carbocycles. The van der Waals surface area contributed by atoms with Gasteiger partial charge in [0.15, 0.2) is 17.7 Å². The van der Waals surface area contributed by atoms with Gasteiger partial charge in [-0.1, -0.05) is 12.1 Å². The lowest BCUT2D eigenvalue weighted by molar-refractivity contribution is -0.160. The zero-order valence-electron chi connectivity index (χ0n) is 25.2. The topological polar surface area (TPSA) is 71.9 Å². The van der Waals surface area contributed by atoms with E-state index in [2.05, 4.69) is 4.90 Å². The Morgan fingerprint density at radius 3 is 2.57 bits per heavy atom. The normalized spacial score (nSPS) is 16.0. The lowest BCUT2D eigenvalue weighted by Crippen LogP contribution is -2.34. The Hall–Kier alpha value is -3.36. The highest BCUT2D eigenvalue weighted by Crippen LogP contribution is 2.44. The second-order valence-corrected chi connectivity index (χ2v) is 12.4. The number of hydrogen-bond acceptors (Lipinski definition) is 5. The predicted octanol–water partition coefficient (Wildman–Crippen LogP) is 6.90. The van der Waals surface area contributed by atoms with E-state index < -0.39 is 23.5 Å². The van der Waals surface area contributed by atoms with E-state index in [1.54, 1.807) is 0 Å². The molecule has 2 aliphatic rings. The number of hydrogen-bond donors (Lipinski definition) is 1. The number of carboxylic acids is 1. The average Bonchev–Trinajstić information content (AvgIpc) is 2.94. The summed E-state index contributed by atoms with van der Waals surface area (Å²) in [4.78, 5) is 20.0. The van der Waals surface area contributed by atoms with Gasteiger partial charge >= 0.3 is 5.97 Å².